The monoisotopic (exact) mass is 256 g/mol. The van der Waals surface area contributed by atoms with Crippen LogP contribution in [-0.4, -0.2) is 15.0 Å². The summed E-state index contributed by atoms with van der Waals surface area (Å²) < 4.78 is 0. The van der Waals surface area contributed by atoms with Crippen molar-refractivity contribution in [2.24, 2.45) is 5.73 Å². The van der Waals surface area contributed by atoms with E-state index in [-0.39, 0.29) is 22.1 Å². The largest absolute Gasteiger partial charge is 0.376 e. The van der Waals surface area contributed by atoms with Gasteiger partial charge < -0.3 is 11.1 Å². The summed E-state index contributed by atoms with van der Waals surface area (Å²) in [7, 11) is 0. The Balaban J connectivity index is 3.42. The van der Waals surface area contributed by atoms with Crippen LogP contribution in [0.4, 0.5) is 17.1 Å². The van der Waals surface area contributed by atoms with E-state index in [4.69, 9.17) is 5.73 Å². The molecule has 1 aromatic carbocycles. The van der Waals surface area contributed by atoms with Gasteiger partial charge in [-0.2, -0.15) is 0 Å². The number of non-ortho nitro benzene ring substituents is 1. The van der Waals surface area contributed by atoms with Crippen molar-refractivity contribution < 1.29 is 9.85 Å². The van der Waals surface area contributed by atoms with Crippen LogP contribution in [0.2, 0.25) is 0 Å². The van der Waals surface area contributed by atoms with Gasteiger partial charge in [0.05, 0.1) is 27.2 Å². The molecule has 0 atom stereocenters. The average Bonchev–Trinajstić information content (AvgIpc) is 2.19. The van der Waals surface area contributed by atoms with Gasteiger partial charge in [-0.15, -0.1) is 0 Å². The number of anilines is 1. The van der Waals surface area contributed by atoms with E-state index >= 15 is 0 Å². The second kappa shape index (κ2) is 4.70. The quantitative estimate of drug-likeness (QED) is 0.476. The van der Waals surface area contributed by atoms with Crippen LogP contribution in [0.25, 0.3) is 0 Å². The first-order valence-corrected chi connectivity index (χ1v) is 4.73. The fraction of sp³-hybridized carbons (Fsp3) is 0.125. The van der Waals surface area contributed by atoms with Gasteiger partial charge >= 0.3 is 0 Å². The van der Waals surface area contributed by atoms with Crippen molar-refractivity contribution in [1.82, 2.24) is 0 Å². The first-order valence-electron chi connectivity index (χ1n) is 4.33. The number of nitrogens with zero attached hydrogens (tertiary/aromatic N) is 2. The Bertz CT molecular complexity index is 516. The summed E-state index contributed by atoms with van der Waals surface area (Å²) in [5.41, 5.74) is 4.84. The molecule has 0 aliphatic rings. The Morgan fingerprint density at radius 1 is 1.35 bits per heavy atom. The summed E-state index contributed by atoms with van der Waals surface area (Å²) >= 11 is 4.58. The van der Waals surface area contributed by atoms with Crippen molar-refractivity contribution in [1.29, 1.82) is 0 Å². The Kier molecular flexibility index (Phi) is 3.53. The number of nitro groups is 2. The highest BCUT2D eigenvalue weighted by molar-refractivity contribution is 7.80. The SMILES string of the molecule is Cc1c(NC(N)=S)cc([N+](=O)[O-])cc1[N+](=O)[O-]. The number of hydrogen-bond donors (Lipinski definition) is 2. The third-order valence-corrected chi connectivity index (χ3v) is 2.13. The number of benzene rings is 1. The highest BCUT2D eigenvalue weighted by Gasteiger charge is 2.21. The van der Waals surface area contributed by atoms with E-state index in [0.29, 0.717) is 0 Å². The number of hydrogen-bond acceptors (Lipinski definition) is 5. The van der Waals surface area contributed by atoms with Crippen LogP contribution < -0.4 is 11.1 Å². The van der Waals surface area contributed by atoms with Gasteiger partial charge in [0.15, 0.2) is 5.11 Å². The zero-order valence-corrected chi connectivity index (χ0v) is 9.48. The highest BCUT2D eigenvalue weighted by Crippen LogP contribution is 2.31. The van der Waals surface area contributed by atoms with Gasteiger partial charge in [-0.05, 0) is 19.1 Å². The van der Waals surface area contributed by atoms with E-state index in [1.54, 1.807) is 0 Å². The zero-order chi connectivity index (χ0) is 13.2. The molecule has 0 saturated carbocycles. The van der Waals surface area contributed by atoms with Crippen LogP contribution in [0, 0.1) is 27.2 Å². The maximum atomic E-state index is 10.7. The maximum absolute atomic E-state index is 10.7. The van der Waals surface area contributed by atoms with Crippen molar-refractivity contribution in [3.63, 3.8) is 0 Å². The predicted molar refractivity (Wildman–Crippen MR) is 64.9 cm³/mol. The van der Waals surface area contributed by atoms with Gasteiger partial charge in [0.25, 0.3) is 11.4 Å². The molecular formula is C8H8N4O4S. The van der Waals surface area contributed by atoms with Crippen LogP contribution in [0.5, 0.6) is 0 Å². The van der Waals surface area contributed by atoms with Gasteiger partial charge in [0, 0.05) is 6.07 Å². The summed E-state index contributed by atoms with van der Waals surface area (Å²) in [4.78, 5) is 19.9. The molecule has 0 bridgehead atoms. The lowest BCUT2D eigenvalue weighted by Crippen LogP contribution is -2.19. The minimum Gasteiger partial charge on any atom is -0.376 e. The molecule has 0 spiro atoms. The van der Waals surface area contributed by atoms with Crippen LogP contribution in [0.15, 0.2) is 12.1 Å². The summed E-state index contributed by atoms with van der Waals surface area (Å²) in [6.45, 7) is 1.45. The van der Waals surface area contributed by atoms with E-state index in [0.717, 1.165) is 12.1 Å². The molecule has 3 N–H and O–H groups in total. The van der Waals surface area contributed by atoms with Gasteiger partial charge in [-0.25, -0.2) is 0 Å². The van der Waals surface area contributed by atoms with E-state index in [2.05, 4.69) is 17.5 Å². The number of thiocarbonyl (C=S) groups is 1. The van der Waals surface area contributed by atoms with E-state index in [9.17, 15) is 20.2 Å². The Morgan fingerprint density at radius 2 is 1.94 bits per heavy atom. The lowest BCUT2D eigenvalue weighted by molar-refractivity contribution is -0.394. The normalized spacial score (nSPS) is 9.71. The number of nitrogens with one attached hydrogen (secondary N) is 1. The molecule has 0 aromatic heterocycles. The molecule has 90 valence electrons. The second-order valence-electron chi connectivity index (χ2n) is 3.14. The minimum absolute atomic E-state index is 0.122. The Labute approximate surface area is 101 Å². The van der Waals surface area contributed by atoms with E-state index in [1.807, 2.05) is 0 Å². The molecule has 9 heteroatoms. The summed E-state index contributed by atoms with van der Waals surface area (Å²) in [6.07, 6.45) is 0. The molecule has 8 nitrogen and oxygen atoms in total. The molecule has 0 unspecified atom stereocenters. The second-order valence-corrected chi connectivity index (χ2v) is 3.58. The molecule has 1 aromatic rings. The summed E-state index contributed by atoms with van der Waals surface area (Å²) in [5.74, 6) is 0. The van der Waals surface area contributed by atoms with E-state index < -0.39 is 15.5 Å². The molecule has 0 aliphatic carbocycles. The lowest BCUT2D eigenvalue weighted by Gasteiger charge is -2.07. The van der Waals surface area contributed by atoms with Crippen LogP contribution in [0.1, 0.15) is 5.56 Å². The van der Waals surface area contributed by atoms with E-state index in [1.165, 1.54) is 6.92 Å². The fourth-order valence-electron chi connectivity index (χ4n) is 1.24. The molecule has 0 heterocycles. The van der Waals surface area contributed by atoms with Crippen LogP contribution >= 0.6 is 12.2 Å². The topological polar surface area (TPSA) is 124 Å². The lowest BCUT2D eigenvalue weighted by atomic mass is 10.1. The molecule has 0 aliphatic heterocycles. The van der Waals surface area contributed by atoms with Gasteiger partial charge in [0.2, 0.25) is 0 Å². The molecule has 17 heavy (non-hydrogen) atoms. The Hall–Kier alpha value is -2.29. The molecule has 0 radical (unpaired) electrons. The number of rotatable bonds is 3. The molecular weight excluding hydrogens is 248 g/mol. The first-order chi connectivity index (χ1) is 7.82. The van der Waals surface area contributed by atoms with Crippen LogP contribution in [0.3, 0.4) is 0 Å². The van der Waals surface area contributed by atoms with Gasteiger partial charge in [0.1, 0.15) is 0 Å². The standard InChI is InChI=1S/C8H8N4O4S/c1-4-6(10-8(9)17)2-5(11(13)14)3-7(4)12(15)16/h2-3H,1H3,(H3,9,10,17). The van der Waals surface area contributed by atoms with Crippen molar-refractivity contribution in [3.8, 4) is 0 Å². The predicted octanol–water partition coefficient (Wildman–Crippen LogP) is 1.47. The molecule has 0 saturated heterocycles. The van der Waals surface area contributed by atoms with Gasteiger partial charge in [-0.1, -0.05) is 0 Å². The third kappa shape index (κ3) is 2.84. The van der Waals surface area contributed by atoms with Crippen molar-refractivity contribution in [2.75, 3.05) is 5.32 Å². The zero-order valence-electron chi connectivity index (χ0n) is 8.67. The Morgan fingerprint density at radius 3 is 2.35 bits per heavy atom. The first kappa shape index (κ1) is 12.8. The average molecular weight is 256 g/mol. The van der Waals surface area contributed by atoms with Crippen molar-refractivity contribution >= 4 is 34.4 Å². The van der Waals surface area contributed by atoms with Crippen LogP contribution in [-0.2, 0) is 0 Å². The molecule has 1 rings (SSSR count). The van der Waals surface area contributed by atoms with Gasteiger partial charge in [-0.3, -0.25) is 20.2 Å². The van der Waals surface area contributed by atoms with Crippen molar-refractivity contribution in [2.45, 2.75) is 6.92 Å². The number of nitro benzene ring substituents is 2. The summed E-state index contributed by atoms with van der Waals surface area (Å²) in [6, 6.07) is 2.03. The highest BCUT2D eigenvalue weighted by atomic mass is 32.1. The minimum atomic E-state index is -0.725. The summed E-state index contributed by atoms with van der Waals surface area (Å²) in [5, 5.41) is 23.7. The third-order valence-electron chi connectivity index (χ3n) is 2.03. The smallest absolute Gasteiger partial charge is 0.281 e. The molecule has 0 amide bonds. The maximum Gasteiger partial charge on any atom is 0.281 e. The number of nitrogens with two attached hydrogens (primary N) is 1. The van der Waals surface area contributed by atoms with Crippen molar-refractivity contribution in [3.05, 3.63) is 37.9 Å². The fourth-order valence-corrected chi connectivity index (χ4v) is 1.35. The molecule has 0 fully saturated rings.